The maximum absolute atomic E-state index is 13.2. The molecule has 164 valence electrons. The highest BCUT2D eigenvalue weighted by Crippen LogP contribution is 2.38. The van der Waals surface area contributed by atoms with E-state index in [2.05, 4.69) is 15.5 Å². The predicted molar refractivity (Wildman–Crippen MR) is 113 cm³/mol. The smallest absolute Gasteiger partial charge is 0.270 e. The second kappa shape index (κ2) is 7.77. The van der Waals surface area contributed by atoms with E-state index in [1.807, 2.05) is 21.9 Å². The van der Waals surface area contributed by atoms with Crippen LogP contribution in [0.1, 0.15) is 29.8 Å². The number of nitrogens with one attached hydrogen (secondary N) is 2. The number of aromatic amines is 1. The quantitative estimate of drug-likeness (QED) is 0.554. The highest BCUT2D eigenvalue weighted by molar-refractivity contribution is 5.94. The van der Waals surface area contributed by atoms with Gasteiger partial charge in [-0.25, -0.2) is 0 Å². The summed E-state index contributed by atoms with van der Waals surface area (Å²) in [6.45, 7) is 3.24. The number of anilines is 2. The molecule has 10 nitrogen and oxygen atoms in total. The Morgan fingerprint density at radius 1 is 1.29 bits per heavy atom. The Bertz CT molecular complexity index is 1070. The van der Waals surface area contributed by atoms with Gasteiger partial charge < -0.3 is 29.7 Å². The molecule has 31 heavy (non-hydrogen) atoms. The van der Waals surface area contributed by atoms with Crippen molar-refractivity contribution in [1.82, 2.24) is 19.9 Å². The molecule has 0 radical (unpaired) electrons. The van der Waals surface area contributed by atoms with E-state index in [-0.39, 0.29) is 11.5 Å². The summed E-state index contributed by atoms with van der Waals surface area (Å²) in [6.07, 6.45) is 5.35. The third-order valence-corrected chi connectivity index (χ3v) is 6.23. The van der Waals surface area contributed by atoms with E-state index in [9.17, 15) is 9.59 Å². The van der Waals surface area contributed by atoms with Crippen LogP contribution in [0.2, 0.25) is 0 Å². The van der Waals surface area contributed by atoms with Gasteiger partial charge in [0.15, 0.2) is 17.1 Å². The van der Waals surface area contributed by atoms with Gasteiger partial charge in [-0.1, -0.05) is 0 Å². The lowest BCUT2D eigenvalue weighted by Crippen LogP contribution is -2.57. The molecule has 2 saturated heterocycles. The summed E-state index contributed by atoms with van der Waals surface area (Å²) < 4.78 is 13.0. The number of H-pyrrole nitrogens is 1. The van der Waals surface area contributed by atoms with Crippen molar-refractivity contribution in [1.29, 1.82) is 0 Å². The molecule has 10 heteroatoms. The third-order valence-electron chi connectivity index (χ3n) is 6.23. The van der Waals surface area contributed by atoms with Gasteiger partial charge in [-0.2, -0.15) is 5.10 Å². The summed E-state index contributed by atoms with van der Waals surface area (Å²) in [7, 11) is 1.68. The number of nitrogens with zero attached hydrogens (tertiary/aromatic N) is 4. The Morgan fingerprint density at radius 2 is 2.16 bits per heavy atom. The monoisotopic (exact) mass is 426 g/mol. The van der Waals surface area contributed by atoms with Crippen molar-refractivity contribution in [2.75, 3.05) is 44.8 Å². The molecule has 1 spiro atoms. The van der Waals surface area contributed by atoms with Crippen LogP contribution in [0.15, 0.2) is 29.5 Å². The zero-order valence-corrected chi connectivity index (χ0v) is 17.5. The fraction of sp³-hybridized carbons (Fsp3) is 0.476. The molecule has 0 aromatic carbocycles. The number of amides is 1. The minimum Gasteiger partial charge on any atom is -0.488 e. The molecule has 3 aliphatic heterocycles. The number of carbonyl (C=O) groups is 2. The number of pyridine rings is 1. The third kappa shape index (κ3) is 3.46. The van der Waals surface area contributed by atoms with Crippen LogP contribution in [0.5, 0.6) is 5.75 Å². The average Bonchev–Trinajstić information content (AvgIpc) is 3.22. The second-order valence-electron chi connectivity index (χ2n) is 8.10. The fourth-order valence-electron chi connectivity index (χ4n) is 4.57. The molecule has 0 bridgehead atoms. The molecule has 0 aliphatic carbocycles. The molecule has 0 saturated carbocycles. The summed E-state index contributed by atoms with van der Waals surface area (Å²) in [5, 5.41) is 4.15. The van der Waals surface area contributed by atoms with Crippen molar-refractivity contribution >= 4 is 23.8 Å². The number of hydrogen-bond donors (Lipinski definition) is 2. The summed E-state index contributed by atoms with van der Waals surface area (Å²) in [4.78, 5) is 31.7. The van der Waals surface area contributed by atoms with Crippen LogP contribution in [0.4, 0.5) is 11.5 Å². The molecular formula is C21H26N6O4. The van der Waals surface area contributed by atoms with Gasteiger partial charge in [-0.3, -0.25) is 14.2 Å². The Hall–Kier alpha value is -3.27. The molecule has 5 heterocycles. The topological polar surface area (TPSA) is 104 Å². The van der Waals surface area contributed by atoms with Gasteiger partial charge in [0.1, 0.15) is 12.3 Å². The maximum atomic E-state index is 13.2. The first-order valence-corrected chi connectivity index (χ1v) is 10.6. The number of hydrogen-bond acceptors (Lipinski definition) is 7. The van der Waals surface area contributed by atoms with Gasteiger partial charge in [-0.05, 0) is 18.9 Å². The first-order chi connectivity index (χ1) is 15.1. The van der Waals surface area contributed by atoms with Gasteiger partial charge in [0.2, 0.25) is 6.41 Å². The summed E-state index contributed by atoms with van der Waals surface area (Å²) in [6, 6.07) is 5.42. The van der Waals surface area contributed by atoms with Crippen molar-refractivity contribution in [2.45, 2.75) is 24.9 Å². The van der Waals surface area contributed by atoms with Crippen LogP contribution in [0.3, 0.4) is 0 Å². The number of piperidine rings is 1. The minimum absolute atomic E-state index is 0.0368. The molecule has 2 aromatic heterocycles. The average molecular weight is 426 g/mol. The molecule has 2 fully saturated rings. The van der Waals surface area contributed by atoms with E-state index < -0.39 is 0 Å². The van der Waals surface area contributed by atoms with Gasteiger partial charge >= 0.3 is 0 Å². The van der Waals surface area contributed by atoms with Crippen molar-refractivity contribution in [3.8, 4) is 5.75 Å². The van der Waals surface area contributed by atoms with E-state index in [1.54, 1.807) is 19.3 Å². The van der Waals surface area contributed by atoms with Crippen LogP contribution in [-0.4, -0.2) is 72.3 Å². The number of aromatic nitrogens is 2. The summed E-state index contributed by atoms with van der Waals surface area (Å²) in [5.41, 5.74) is 4.40. The predicted octanol–water partition coefficient (Wildman–Crippen LogP) is 0.815. The highest BCUT2D eigenvalue weighted by Gasteiger charge is 2.43. The maximum Gasteiger partial charge on any atom is 0.270 e. The van der Waals surface area contributed by atoms with Crippen LogP contribution < -0.4 is 20.6 Å². The Labute approximate surface area is 179 Å². The lowest BCUT2D eigenvalue weighted by Gasteiger charge is -2.48. The van der Waals surface area contributed by atoms with E-state index in [0.717, 1.165) is 43.9 Å². The van der Waals surface area contributed by atoms with Crippen molar-refractivity contribution in [2.24, 2.45) is 5.10 Å². The minimum atomic E-state index is -0.145. The lowest BCUT2D eigenvalue weighted by molar-refractivity contribution is -0.171. The van der Waals surface area contributed by atoms with Gasteiger partial charge in [0.05, 0.1) is 25.3 Å². The number of likely N-dealkylation sites (tertiary alicyclic amines) is 1. The van der Waals surface area contributed by atoms with Gasteiger partial charge in [0, 0.05) is 44.0 Å². The van der Waals surface area contributed by atoms with Crippen LogP contribution in [-0.2, 0) is 9.53 Å². The largest absolute Gasteiger partial charge is 0.488 e. The van der Waals surface area contributed by atoms with E-state index >= 15 is 0 Å². The molecule has 1 amide bonds. The van der Waals surface area contributed by atoms with Crippen molar-refractivity contribution < 1.29 is 19.1 Å². The standard InChI is InChI=1S/C21H26N6O4/c1-22-24-18-11-15(3-7-26(18)14-28)27-8-10-30-17-12-16(23-19(17)27)20(29)25-6-2-4-21(13-25)5-9-31-21/h3,7,11-12,14,22-23H,2,4-6,8-10,13H2,1H3/b24-18-. The zero-order valence-electron chi connectivity index (χ0n) is 17.5. The lowest BCUT2D eigenvalue weighted by atomic mass is 9.86. The number of rotatable bonds is 4. The highest BCUT2D eigenvalue weighted by atomic mass is 16.5. The first kappa shape index (κ1) is 19.7. The van der Waals surface area contributed by atoms with Gasteiger partial charge in [-0.15, -0.1) is 0 Å². The van der Waals surface area contributed by atoms with Crippen LogP contribution in [0.25, 0.3) is 0 Å². The van der Waals surface area contributed by atoms with Crippen molar-refractivity contribution in [3.63, 3.8) is 0 Å². The van der Waals surface area contributed by atoms with Gasteiger partial charge in [0.25, 0.3) is 5.91 Å². The summed E-state index contributed by atoms with van der Waals surface area (Å²) >= 11 is 0. The zero-order chi connectivity index (χ0) is 21.4. The molecular weight excluding hydrogens is 400 g/mol. The normalized spacial score (nSPS) is 23.2. The van der Waals surface area contributed by atoms with E-state index in [0.29, 0.717) is 43.0 Å². The molecule has 5 rings (SSSR count). The van der Waals surface area contributed by atoms with Crippen molar-refractivity contribution in [3.05, 3.63) is 35.6 Å². The Morgan fingerprint density at radius 3 is 2.90 bits per heavy atom. The SMILES string of the molecule is CN/N=c1/cc(N2CCOc3cc(C(=O)N4CCCC5(CCO5)C4)[nH]c32)ccn1C=O. The van der Waals surface area contributed by atoms with E-state index in [1.165, 1.54) is 4.57 Å². The van der Waals surface area contributed by atoms with E-state index in [4.69, 9.17) is 9.47 Å². The number of ether oxygens (including phenoxy) is 2. The summed E-state index contributed by atoms with van der Waals surface area (Å²) in [5.74, 6) is 1.33. The first-order valence-electron chi connectivity index (χ1n) is 10.6. The molecule has 1 atom stereocenters. The number of fused-ring (bicyclic) bond motifs is 1. The second-order valence-corrected chi connectivity index (χ2v) is 8.10. The van der Waals surface area contributed by atoms with Crippen LogP contribution >= 0.6 is 0 Å². The molecule has 3 aliphatic rings. The molecule has 1 unspecified atom stereocenters. The molecule has 2 N–H and O–H groups in total. The fourth-order valence-corrected chi connectivity index (χ4v) is 4.57. The molecule has 2 aromatic rings. The van der Waals surface area contributed by atoms with Crippen LogP contribution in [0, 0.1) is 0 Å². The number of carbonyl (C=O) groups excluding carboxylic acids is 2. The Kier molecular flexibility index (Phi) is 4.93. The Balaban J connectivity index is 1.43.